The van der Waals surface area contributed by atoms with Gasteiger partial charge in [0.1, 0.15) is 5.75 Å². The second-order valence-electron chi connectivity index (χ2n) is 4.74. The summed E-state index contributed by atoms with van der Waals surface area (Å²) in [5.41, 5.74) is 1.04. The molecule has 0 radical (unpaired) electrons. The highest BCUT2D eigenvalue weighted by atomic mass is 35.5. The molecule has 1 aliphatic rings. The topological polar surface area (TPSA) is 47.0 Å². The van der Waals surface area contributed by atoms with Gasteiger partial charge in [-0.15, -0.1) is 0 Å². The van der Waals surface area contributed by atoms with E-state index in [1.165, 1.54) is 12.8 Å². The minimum absolute atomic E-state index is 0.276. The Morgan fingerprint density at radius 2 is 1.75 bits per heavy atom. The van der Waals surface area contributed by atoms with E-state index in [0.717, 1.165) is 12.1 Å². The van der Waals surface area contributed by atoms with Gasteiger partial charge in [-0.25, -0.2) is 9.97 Å². The van der Waals surface area contributed by atoms with Crippen LogP contribution in [0.25, 0.3) is 0 Å². The van der Waals surface area contributed by atoms with Crippen LogP contribution >= 0.6 is 23.2 Å². The largest absolute Gasteiger partial charge is 0.424 e. The summed E-state index contributed by atoms with van der Waals surface area (Å²) >= 11 is 11.8. The first-order valence-electron chi connectivity index (χ1n) is 6.37. The zero-order valence-electron chi connectivity index (χ0n) is 10.6. The van der Waals surface area contributed by atoms with Crippen molar-refractivity contribution in [2.45, 2.75) is 25.4 Å². The average Bonchev–Trinajstić information content (AvgIpc) is 3.21. The predicted molar refractivity (Wildman–Crippen MR) is 78.4 cm³/mol. The maximum Gasteiger partial charge on any atom is 0.321 e. The van der Waals surface area contributed by atoms with Crippen molar-refractivity contribution in [3.05, 3.63) is 46.2 Å². The summed E-state index contributed by atoms with van der Waals surface area (Å²) in [5.74, 6) is 0.520. The van der Waals surface area contributed by atoms with Gasteiger partial charge in [0.15, 0.2) is 0 Å². The number of benzene rings is 1. The predicted octanol–water partition coefficient (Wildman–Crippen LogP) is 3.83. The third-order valence-electron chi connectivity index (χ3n) is 2.90. The van der Waals surface area contributed by atoms with Crippen molar-refractivity contribution in [2.75, 3.05) is 0 Å². The van der Waals surface area contributed by atoms with Crippen LogP contribution in [0.3, 0.4) is 0 Å². The first kappa shape index (κ1) is 13.6. The van der Waals surface area contributed by atoms with Crippen LogP contribution in [0.15, 0.2) is 30.6 Å². The van der Waals surface area contributed by atoms with Crippen LogP contribution in [0.5, 0.6) is 11.8 Å². The Balaban J connectivity index is 1.64. The van der Waals surface area contributed by atoms with Gasteiger partial charge in [-0.05, 0) is 31.0 Å². The third kappa shape index (κ3) is 3.82. The molecule has 4 nitrogen and oxygen atoms in total. The van der Waals surface area contributed by atoms with E-state index in [1.807, 2.05) is 0 Å². The van der Waals surface area contributed by atoms with E-state index < -0.39 is 0 Å². The number of ether oxygens (including phenoxy) is 1. The standard InChI is InChI=1S/C14H13Cl2N3O/c15-10-3-11(16)5-13(4-10)20-14-18-7-9(8-19-14)6-17-12-1-2-12/h3-5,7-8,12,17H,1-2,6H2. The monoisotopic (exact) mass is 309 g/mol. The maximum atomic E-state index is 5.90. The first-order valence-corrected chi connectivity index (χ1v) is 7.13. The van der Waals surface area contributed by atoms with Crippen molar-refractivity contribution >= 4 is 23.2 Å². The molecule has 20 heavy (non-hydrogen) atoms. The number of hydrogen-bond donors (Lipinski definition) is 1. The number of nitrogens with zero attached hydrogens (tertiary/aromatic N) is 2. The Morgan fingerprint density at radius 3 is 2.35 bits per heavy atom. The Bertz CT molecular complexity index is 580. The fraction of sp³-hybridized carbons (Fsp3) is 0.286. The molecule has 1 fully saturated rings. The quantitative estimate of drug-likeness (QED) is 0.912. The third-order valence-corrected chi connectivity index (χ3v) is 3.34. The molecule has 2 aromatic rings. The van der Waals surface area contributed by atoms with Gasteiger partial charge < -0.3 is 10.1 Å². The highest BCUT2D eigenvalue weighted by molar-refractivity contribution is 6.34. The van der Waals surface area contributed by atoms with Crippen molar-refractivity contribution in [1.29, 1.82) is 0 Å². The molecule has 6 heteroatoms. The van der Waals surface area contributed by atoms with Crippen LogP contribution in [-0.2, 0) is 6.54 Å². The van der Waals surface area contributed by atoms with Crippen molar-refractivity contribution in [2.24, 2.45) is 0 Å². The summed E-state index contributed by atoms with van der Waals surface area (Å²) in [4.78, 5) is 8.34. The van der Waals surface area contributed by atoms with E-state index in [4.69, 9.17) is 27.9 Å². The van der Waals surface area contributed by atoms with E-state index in [9.17, 15) is 0 Å². The van der Waals surface area contributed by atoms with Gasteiger partial charge in [0.05, 0.1) is 0 Å². The van der Waals surface area contributed by atoms with Crippen molar-refractivity contribution in [3.8, 4) is 11.8 Å². The Labute approximate surface area is 127 Å². The fourth-order valence-corrected chi connectivity index (χ4v) is 2.24. The number of rotatable bonds is 5. The summed E-state index contributed by atoms with van der Waals surface area (Å²) in [7, 11) is 0. The molecule has 1 heterocycles. The minimum atomic E-state index is 0.276. The van der Waals surface area contributed by atoms with Crippen LogP contribution < -0.4 is 10.1 Å². The van der Waals surface area contributed by atoms with Crippen LogP contribution in [0.1, 0.15) is 18.4 Å². The van der Waals surface area contributed by atoms with E-state index in [1.54, 1.807) is 30.6 Å². The van der Waals surface area contributed by atoms with Gasteiger partial charge in [0, 0.05) is 40.6 Å². The molecule has 1 aliphatic carbocycles. The Hall–Kier alpha value is -1.36. The Kier molecular flexibility index (Phi) is 4.05. The summed E-state index contributed by atoms with van der Waals surface area (Å²) in [6.07, 6.45) is 6.03. The summed E-state index contributed by atoms with van der Waals surface area (Å²) in [6, 6.07) is 5.92. The summed E-state index contributed by atoms with van der Waals surface area (Å²) in [6.45, 7) is 0.786. The lowest BCUT2D eigenvalue weighted by Crippen LogP contribution is -2.15. The van der Waals surface area contributed by atoms with Crippen molar-refractivity contribution in [1.82, 2.24) is 15.3 Å². The molecule has 0 aliphatic heterocycles. The van der Waals surface area contributed by atoms with Crippen molar-refractivity contribution in [3.63, 3.8) is 0 Å². The molecule has 3 rings (SSSR count). The van der Waals surface area contributed by atoms with E-state index in [0.29, 0.717) is 21.8 Å². The van der Waals surface area contributed by atoms with Gasteiger partial charge in [0.2, 0.25) is 0 Å². The molecule has 0 spiro atoms. The van der Waals surface area contributed by atoms with Crippen LogP contribution in [0.2, 0.25) is 10.0 Å². The molecule has 1 saturated carbocycles. The molecule has 0 saturated heterocycles. The molecule has 1 N–H and O–H groups in total. The number of halogens is 2. The summed E-state index contributed by atoms with van der Waals surface area (Å²) in [5, 5.41) is 4.42. The molecular weight excluding hydrogens is 297 g/mol. The highest BCUT2D eigenvalue weighted by Gasteiger charge is 2.19. The number of hydrogen-bond acceptors (Lipinski definition) is 4. The lowest BCUT2D eigenvalue weighted by atomic mass is 10.3. The van der Waals surface area contributed by atoms with Gasteiger partial charge in [-0.1, -0.05) is 23.2 Å². The first-order chi connectivity index (χ1) is 9.69. The second-order valence-corrected chi connectivity index (χ2v) is 5.61. The highest BCUT2D eigenvalue weighted by Crippen LogP contribution is 2.26. The van der Waals surface area contributed by atoms with Gasteiger partial charge in [0.25, 0.3) is 0 Å². The molecule has 1 aromatic heterocycles. The van der Waals surface area contributed by atoms with E-state index in [-0.39, 0.29) is 6.01 Å². The zero-order valence-corrected chi connectivity index (χ0v) is 12.2. The van der Waals surface area contributed by atoms with Gasteiger partial charge in [-0.2, -0.15) is 0 Å². The molecular formula is C14H13Cl2N3O. The lowest BCUT2D eigenvalue weighted by Gasteiger charge is -2.06. The zero-order chi connectivity index (χ0) is 13.9. The van der Waals surface area contributed by atoms with E-state index in [2.05, 4.69) is 15.3 Å². The molecule has 1 aromatic carbocycles. The average molecular weight is 310 g/mol. The normalized spacial score (nSPS) is 14.3. The van der Waals surface area contributed by atoms with Crippen molar-refractivity contribution < 1.29 is 4.74 Å². The van der Waals surface area contributed by atoms with Crippen LogP contribution in [-0.4, -0.2) is 16.0 Å². The SMILES string of the molecule is Clc1cc(Cl)cc(Oc2ncc(CNC3CC3)cn2)c1. The van der Waals surface area contributed by atoms with Gasteiger partial charge in [-0.3, -0.25) is 0 Å². The van der Waals surface area contributed by atoms with E-state index >= 15 is 0 Å². The molecule has 104 valence electrons. The number of aromatic nitrogens is 2. The van der Waals surface area contributed by atoms with Gasteiger partial charge >= 0.3 is 6.01 Å². The molecule has 0 bridgehead atoms. The second kappa shape index (κ2) is 5.95. The summed E-state index contributed by atoms with van der Waals surface area (Å²) < 4.78 is 5.52. The molecule has 0 amide bonds. The van der Waals surface area contributed by atoms with Crippen LogP contribution in [0.4, 0.5) is 0 Å². The smallest absolute Gasteiger partial charge is 0.321 e. The number of nitrogens with one attached hydrogen (secondary N) is 1. The molecule has 0 atom stereocenters. The Morgan fingerprint density at radius 1 is 1.10 bits per heavy atom. The minimum Gasteiger partial charge on any atom is -0.424 e. The lowest BCUT2D eigenvalue weighted by molar-refractivity contribution is 0.440. The van der Waals surface area contributed by atoms with Crippen LogP contribution in [0, 0.1) is 0 Å². The maximum absolute atomic E-state index is 5.90. The fourth-order valence-electron chi connectivity index (χ4n) is 1.73. The molecule has 0 unspecified atom stereocenters.